The number of carbonyl (C=O) groups is 1. The van der Waals surface area contributed by atoms with Gasteiger partial charge in [-0.3, -0.25) is 9.69 Å². The number of halogens is 2. The first-order valence-electron chi connectivity index (χ1n) is 9.51. The van der Waals surface area contributed by atoms with Crippen LogP contribution in [-0.2, 0) is 11.3 Å². The third kappa shape index (κ3) is 3.31. The Morgan fingerprint density at radius 1 is 1.12 bits per heavy atom. The number of rotatable bonds is 4. The van der Waals surface area contributed by atoms with E-state index < -0.39 is 11.6 Å². The third-order valence-electron chi connectivity index (χ3n) is 6.37. The summed E-state index contributed by atoms with van der Waals surface area (Å²) in [7, 11) is 0. The van der Waals surface area contributed by atoms with E-state index in [1.165, 1.54) is 31.4 Å². The van der Waals surface area contributed by atoms with E-state index in [4.69, 9.17) is 0 Å². The van der Waals surface area contributed by atoms with E-state index in [1.807, 2.05) is 0 Å². The molecule has 3 nitrogen and oxygen atoms in total. The summed E-state index contributed by atoms with van der Waals surface area (Å²) in [4.78, 5) is 17.4. The Morgan fingerprint density at radius 3 is 2.68 bits per heavy atom. The molecule has 0 aromatic heterocycles. The van der Waals surface area contributed by atoms with E-state index >= 15 is 0 Å². The van der Waals surface area contributed by atoms with Crippen molar-refractivity contribution in [2.75, 3.05) is 26.2 Å². The Balaban J connectivity index is 1.42. The first kappa shape index (κ1) is 17.0. The van der Waals surface area contributed by atoms with Gasteiger partial charge in [0, 0.05) is 37.8 Å². The molecule has 0 radical (unpaired) electrons. The lowest BCUT2D eigenvalue weighted by Gasteiger charge is -2.42. The van der Waals surface area contributed by atoms with Gasteiger partial charge in [0.25, 0.3) is 0 Å². The molecule has 2 aliphatic heterocycles. The van der Waals surface area contributed by atoms with Crippen LogP contribution in [0.1, 0.15) is 44.1 Å². The summed E-state index contributed by atoms with van der Waals surface area (Å²) in [6, 6.07) is 3.75. The predicted octanol–water partition coefficient (Wildman–Crippen LogP) is 3.58. The van der Waals surface area contributed by atoms with E-state index in [9.17, 15) is 13.6 Å². The lowest BCUT2D eigenvalue weighted by Crippen LogP contribution is -2.51. The summed E-state index contributed by atoms with van der Waals surface area (Å²) < 4.78 is 27.0. The number of benzene rings is 1. The molecule has 3 fully saturated rings. The molecule has 1 saturated carbocycles. The van der Waals surface area contributed by atoms with Crippen LogP contribution in [0.3, 0.4) is 0 Å². The molecule has 1 spiro atoms. The molecule has 1 amide bonds. The summed E-state index contributed by atoms with van der Waals surface area (Å²) in [5.41, 5.74) is 0.228. The van der Waals surface area contributed by atoms with Crippen molar-refractivity contribution in [2.24, 2.45) is 11.3 Å². The fourth-order valence-corrected chi connectivity index (χ4v) is 4.68. The van der Waals surface area contributed by atoms with Gasteiger partial charge < -0.3 is 4.90 Å². The molecule has 1 aromatic rings. The molecule has 1 atom stereocenters. The minimum absolute atomic E-state index is 0.279. The zero-order chi connectivity index (χ0) is 17.4. The molecule has 25 heavy (non-hydrogen) atoms. The second kappa shape index (κ2) is 6.67. The van der Waals surface area contributed by atoms with Crippen LogP contribution in [0.5, 0.6) is 0 Å². The van der Waals surface area contributed by atoms with E-state index in [0.29, 0.717) is 30.5 Å². The first-order chi connectivity index (χ1) is 12.1. The highest BCUT2D eigenvalue weighted by Crippen LogP contribution is 2.41. The predicted molar refractivity (Wildman–Crippen MR) is 91.8 cm³/mol. The number of nitrogens with zero attached hydrogens (tertiary/aromatic N) is 2. The molecule has 136 valence electrons. The zero-order valence-corrected chi connectivity index (χ0v) is 14.6. The number of likely N-dealkylation sites (tertiary alicyclic amines) is 2. The quantitative estimate of drug-likeness (QED) is 0.830. The molecular formula is C20H26F2N2O. The van der Waals surface area contributed by atoms with Crippen LogP contribution >= 0.6 is 0 Å². The number of amides is 1. The average molecular weight is 348 g/mol. The van der Waals surface area contributed by atoms with Crippen LogP contribution in [0.25, 0.3) is 0 Å². The topological polar surface area (TPSA) is 23.6 Å². The second-order valence-electron chi connectivity index (χ2n) is 8.13. The maximum Gasteiger partial charge on any atom is 0.230 e. The summed E-state index contributed by atoms with van der Waals surface area (Å²) in [6.45, 7) is 3.77. The number of carbonyl (C=O) groups excluding carboxylic acids is 1. The van der Waals surface area contributed by atoms with Crippen LogP contribution in [0.2, 0.25) is 0 Å². The molecular weight excluding hydrogens is 322 g/mol. The van der Waals surface area contributed by atoms with Crippen molar-refractivity contribution in [3.8, 4) is 0 Å². The van der Waals surface area contributed by atoms with Crippen molar-refractivity contribution in [1.29, 1.82) is 0 Å². The van der Waals surface area contributed by atoms with Crippen molar-refractivity contribution in [3.05, 3.63) is 35.4 Å². The molecule has 2 saturated heterocycles. The van der Waals surface area contributed by atoms with Crippen LogP contribution in [0, 0.1) is 23.0 Å². The molecule has 1 unspecified atom stereocenters. The van der Waals surface area contributed by atoms with Crippen LogP contribution in [-0.4, -0.2) is 41.9 Å². The summed E-state index contributed by atoms with van der Waals surface area (Å²) in [5.74, 6) is -0.0339. The fraction of sp³-hybridized carbons (Fsp3) is 0.650. The van der Waals surface area contributed by atoms with Crippen LogP contribution in [0.15, 0.2) is 18.2 Å². The Kier molecular flexibility index (Phi) is 4.52. The SMILES string of the molecule is O=C1N(CC2CCC2)CCCC12CCN(Cc1ccc(F)cc1F)C2. The highest BCUT2D eigenvalue weighted by Gasteiger charge is 2.48. The average Bonchev–Trinajstić information content (AvgIpc) is 2.94. The van der Waals surface area contributed by atoms with E-state index in [1.54, 1.807) is 0 Å². The maximum absolute atomic E-state index is 13.9. The molecule has 4 rings (SSSR count). The molecule has 0 N–H and O–H groups in total. The maximum atomic E-state index is 13.9. The Morgan fingerprint density at radius 2 is 1.96 bits per heavy atom. The van der Waals surface area contributed by atoms with Gasteiger partial charge in [0.2, 0.25) is 5.91 Å². The lowest BCUT2D eigenvalue weighted by molar-refractivity contribution is -0.146. The van der Waals surface area contributed by atoms with Gasteiger partial charge in [-0.2, -0.15) is 0 Å². The van der Waals surface area contributed by atoms with Crippen molar-refractivity contribution >= 4 is 5.91 Å². The fourth-order valence-electron chi connectivity index (χ4n) is 4.68. The van der Waals surface area contributed by atoms with Gasteiger partial charge in [-0.15, -0.1) is 0 Å². The van der Waals surface area contributed by atoms with Gasteiger partial charge >= 0.3 is 0 Å². The first-order valence-corrected chi connectivity index (χ1v) is 9.51. The van der Waals surface area contributed by atoms with Crippen molar-refractivity contribution in [2.45, 2.75) is 45.1 Å². The minimum Gasteiger partial charge on any atom is -0.342 e. The van der Waals surface area contributed by atoms with Gasteiger partial charge in [-0.1, -0.05) is 12.5 Å². The highest BCUT2D eigenvalue weighted by molar-refractivity contribution is 5.84. The van der Waals surface area contributed by atoms with Gasteiger partial charge in [0.1, 0.15) is 11.6 Å². The van der Waals surface area contributed by atoms with Crippen molar-refractivity contribution in [1.82, 2.24) is 9.80 Å². The Hall–Kier alpha value is -1.49. The largest absolute Gasteiger partial charge is 0.342 e. The Bertz CT molecular complexity index is 661. The lowest BCUT2D eigenvalue weighted by atomic mass is 9.77. The van der Waals surface area contributed by atoms with Gasteiger partial charge in [-0.05, 0) is 50.6 Å². The smallest absolute Gasteiger partial charge is 0.230 e. The van der Waals surface area contributed by atoms with E-state index in [0.717, 1.165) is 45.0 Å². The van der Waals surface area contributed by atoms with Crippen LogP contribution < -0.4 is 0 Å². The second-order valence-corrected chi connectivity index (χ2v) is 8.13. The summed E-state index contributed by atoms with van der Waals surface area (Å²) in [5, 5.41) is 0. The molecule has 1 aliphatic carbocycles. The highest BCUT2D eigenvalue weighted by atomic mass is 19.1. The van der Waals surface area contributed by atoms with Crippen molar-refractivity contribution < 1.29 is 13.6 Å². The molecule has 5 heteroatoms. The third-order valence-corrected chi connectivity index (χ3v) is 6.37. The summed E-state index contributed by atoms with van der Waals surface area (Å²) >= 11 is 0. The Labute approximate surface area is 148 Å². The normalized spacial score (nSPS) is 27.9. The van der Waals surface area contributed by atoms with E-state index in [2.05, 4.69) is 9.80 Å². The van der Waals surface area contributed by atoms with Crippen molar-refractivity contribution in [3.63, 3.8) is 0 Å². The van der Waals surface area contributed by atoms with Gasteiger partial charge in [0.05, 0.1) is 5.41 Å². The van der Waals surface area contributed by atoms with Crippen LogP contribution in [0.4, 0.5) is 8.78 Å². The number of hydrogen-bond acceptors (Lipinski definition) is 2. The molecule has 2 heterocycles. The molecule has 0 bridgehead atoms. The monoisotopic (exact) mass is 348 g/mol. The van der Waals surface area contributed by atoms with Gasteiger partial charge in [-0.25, -0.2) is 8.78 Å². The number of piperidine rings is 1. The molecule has 3 aliphatic rings. The van der Waals surface area contributed by atoms with E-state index in [-0.39, 0.29) is 5.41 Å². The minimum atomic E-state index is -0.548. The zero-order valence-electron chi connectivity index (χ0n) is 14.6. The summed E-state index contributed by atoms with van der Waals surface area (Å²) in [6.07, 6.45) is 6.68. The standard InChI is InChI=1S/C20H26F2N2O/c21-17-6-5-16(18(22)11-17)13-23-10-8-20(14-23)7-2-9-24(19(20)25)12-15-3-1-4-15/h5-6,11,15H,1-4,7-10,12-14H2. The number of hydrogen-bond donors (Lipinski definition) is 0. The van der Waals surface area contributed by atoms with Gasteiger partial charge in [0.15, 0.2) is 0 Å². The molecule has 1 aromatic carbocycles.